The fourth-order valence-electron chi connectivity index (χ4n) is 3.74. The molecule has 0 unspecified atom stereocenters. The van der Waals surface area contributed by atoms with Gasteiger partial charge in [-0.05, 0) is 25.2 Å². The molecule has 5 atom stereocenters. The molecule has 5 nitrogen and oxygen atoms in total. The maximum atomic E-state index is 10.4. The number of rotatable bonds is 13. The first kappa shape index (κ1) is 22.1. The lowest BCUT2D eigenvalue weighted by atomic mass is 9.88. The molecule has 1 rings (SSSR count). The third-order valence-electron chi connectivity index (χ3n) is 5.25. The second-order valence-corrected chi connectivity index (χ2v) is 7.41. The molecule has 0 heterocycles. The zero-order chi connectivity index (χ0) is 18.7. The van der Waals surface area contributed by atoms with Crippen molar-refractivity contribution in [1.29, 1.82) is 0 Å². The lowest BCUT2D eigenvalue weighted by Gasteiger charge is -2.21. The monoisotopic (exact) mass is 356 g/mol. The first-order valence-electron chi connectivity index (χ1n) is 9.90. The van der Waals surface area contributed by atoms with Crippen LogP contribution in [-0.4, -0.2) is 44.7 Å². The maximum absolute atomic E-state index is 10.4. The van der Waals surface area contributed by atoms with E-state index in [4.69, 9.17) is 5.11 Å². The standard InChI is InChI=1S/C20H36O5/c1-2-3-6-10-16-17(19(23)14-18(16)22)13-12-15(21)9-7-4-5-8-11-20(24)25/h12-13,15-19,21-23H,2-11,14H2,1H3,(H,24,25)/b13-12+/t15-,16-,17+,18-,19+/m0/s1. The van der Waals surface area contributed by atoms with Crippen molar-refractivity contribution >= 4 is 5.97 Å². The van der Waals surface area contributed by atoms with Crippen molar-refractivity contribution in [1.82, 2.24) is 0 Å². The Morgan fingerprint density at radius 3 is 2.48 bits per heavy atom. The Kier molecular flexibility index (Phi) is 11.0. The van der Waals surface area contributed by atoms with Gasteiger partial charge in [-0.2, -0.15) is 0 Å². The summed E-state index contributed by atoms with van der Waals surface area (Å²) in [6.45, 7) is 2.15. The number of carboxylic acid groups (broad SMARTS) is 1. The first-order chi connectivity index (χ1) is 12.0. The fourth-order valence-corrected chi connectivity index (χ4v) is 3.74. The van der Waals surface area contributed by atoms with Gasteiger partial charge in [0.05, 0.1) is 18.3 Å². The number of aliphatic carboxylic acids is 1. The minimum absolute atomic E-state index is 0.0722. The Morgan fingerprint density at radius 2 is 1.80 bits per heavy atom. The van der Waals surface area contributed by atoms with E-state index >= 15 is 0 Å². The van der Waals surface area contributed by atoms with E-state index in [0.717, 1.165) is 44.9 Å². The molecule has 0 aromatic carbocycles. The molecule has 0 aliphatic heterocycles. The van der Waals surface area contributed by atoms with Crippen LogP contribution < -0.4 is 0 Å². The van der Waals surface area contributed by atoms with Gasteiger partial charge >= 0.3 is 5.97 Å². The van der Waals surface area contributed by atoms with Crippen LogP contribution in [0.4, 0.5) is 0 Å². The normalized spacial score (nSPS) is 27.8. The summed E-state index contributed by atoms with van der Waals surface area (Å²) in [6, 6.07) is 0. The number of unbranched alkanes of at least 4 members (excludes halogenated alkanes) is 5. The smallest absolute Gasteiger partial charge is 0.303 e. The Hall–Kier alpha value is -0.910. The molecule has 5 heteroatoms. The molecule has 0 bridgehead atoms. The molecule has 4 N–H and O–H groups in total. The van der Waals surface area contributed by atoms with Crippen molar-refractivity contribution in [3.8, 4) is 0 Å². The van der Waals surface area contributed by atoms with Crippen LogP contribution in [0, 0.1) is 11.8 Å². The second-order valence-electron chi connectivity index (χ2n) is 7.41. The van der Waals surface area contributed by atoms with Crippen molar-refractivity contribution in [2.24, 2.45) is 11.8 Å². The van der Waals surface area contributed by atoms with Crippen LogP contribution in [0.25, 0.3) is 0 Å². The number of hydrogen-bond acceptors (Lipinski definition) is 4. The summed E-state index contributed by atoms with van der Waals surface area (Å²) in [5.74, 6) is -0.744. The van der Waals surface area contributed by atoms with E-state index in [0.29, 0.717) is 19.3 Å². The van der Waals surface area contributed by atoms with E-state index in [1.807, 2.05) is 6.08 Å². The molecule has 1 saturated carbocycles. The van der Waals surface area contributed by atoms with Gasteiger partial charge in [-0.25, -0.2) is 0 Å². The summed E-state index contributed by atoms with van der Waals surface area (Å²) in [5.41, 5.74) is 0. The zero-order valence-electron chi connectivity index (χ0n) is 15.5. The van der Waals surface area contributed by atoms with Crippen LogP contribution in [0.5, 0.6) is 0 Å². The van der Waals surface area contributed by atoms with Crippen molar-refractivity contribution in [2.75, 3.05) is 0 Å². The molecule has 0 aromatic rings. The predicted octanol–water partition coefficient (Wildman–Crippen LogP) is 3.27. The van der Waals surface area contributed by atoms with Crippen LogP contribution in [0.3, 0.4) is 0 Å². The third-order valence-corrected chi connectivity index (χ3v) is 5.25. The molecular weight excluding hydrogens is 320 g/mol. The average Bonchev–Trinajstić information content (AvgIpc) is 2.82. The van der Waals surface area contributed by atoms with Crippen LogP contribution in [0.15, 0.2) is 12.2 Å². The highest BCUT2D eigenvalue weighted by molar-refractivity contribution is 5.66. The molecule has 0 saturated heterocycles. The molecule has 1 fully saturated rings. The molecule has 146 valence electrons. The lowest BCUT2D eigenvalue weighted by molar-refractivity contribution is -0.137. The molecular formula is C20H36O5. The zero-order valence-corrected chi connectivity index (χ0v) is 15.5. The average molecular weight is 357 g/mol. The van der Waals surface area contributed by atoms with Crippen molar-refractivity contribution < 1.29 is 25.2 Å². The molecule has 0 spiro atoms. The van der Waals surface area contributed by atoms with Crippen LogP contribution >= 0.6 is 0 Å². The molecule has 25 heavy (non-hydrogen) atoms. The van der Waals surface area contributed by atoms with Gasteiger partial charge in [0, 0.05) is 18.8 Å². The molecule has 1 aliphatic carbocycles. The van der Waals surface area contributed by atoms with Crippen molar-refractivity contribution in [2.45, 2.75) is 95.9 Å². The van der Waals surface area contributed by atoms with Crippen LogP contribution in [-0.2, 0) is 4.79 Å². The second kappa shape index (κ2) is 12.4. The van der Waals surface area contributed by atoms with Gasteiger partial charge in [0.15, 0.2) is 0 Å². The minimum atomic E-state index is -0.756. The summed E-state index contributed by atoms with van der Waals surface area (Å²) in [5, 5.41) is 39.0. The lowest BCUT2D eigenvalue weighted by Crippen LogP contribution is -2.21. The highest BCUT2D eigenvalue weighted by Gasteiger charge is 2.39. The molecule has 0 aromatic heterocycles. The van der Waals surface area contributed by atoms with Crippen LogP contribution in [0.1, 0.15) is 77.6 Å². The Morgan fingerprint density at radius 1 is 1.08 bits per heavy atom. The number of carbonyl (C=O) groups is 1. The first-order valence-corrected chi connectivity index (χ1v) is 9.90. The van der Waals surface area contributed by atoms with Gasteiger partial charge in [0.2, 0.25) is 0 Å². The summed E-state index contributed by atoms with van der Waals surface area (Å²) < 4.78 is 0. The topological polar surface area (TPSA) is 98.0 Å². The number of aliphatic hydroxyl groups is 3. The number of carboxylic acids is 1. The number of hydrogen-bond donors (Lipinski definition) is 4. The quantitative estimate of drug-likeness (QED) is 0.300. The summed E-state index contributed by atoms with van der Waals surface area (Å²) in [4.78, 5) is 10.4. The molecule has 1 aliphatic rings. The van der Waals surface area contributed by atoms with E-state index in [2.05, 4.69) is 6.92 Å². The maximum Gasteiger partial charge on any atom is 0.303 e. The van der Waals surface area contributed by atoms with Gasteiger partial charge in [-0.1, -0.05) is 57.6 Å². The van der Waals surface area contributed by atoms with E-state index in [1.54, 1.807) is 6.08 Å². The van der Waals surface area contributed by atoms with Crippen LogP contribution in [0.2, 0.25) is 0 Å². The SMILES string of the molecule is CCCCC[C@H]1[C@@H](/C=C/[C@@H](O)CCCCCCC(=O)O)[C@H](O)C[C@@H]1O. The fraction of sp³-hybridized carbons (Fsp3) is 0.850. The van der Waals surface area contributed by atoms with Crippen molar-refractivity contribution in [3.63, 3.8) is 0 Å². The Labute approximate surface area is 151 Å². The third kappa shape index (κ3) is 8.84. The number of aliphatic hydroxyl groups excluding tert-OH is 3. The minimum Gasteiger partial charge on any atom is -0.481 e. The Bertz CT molecular complexity index is 396. The Balaban J connectivity index is 2.31. The van der Waals surface area contributed by atoms with Gasteiger partial charge in [-0.3, -0.25) is 4.79 Å². The summed E-state index contributed by atoms with van der Waals surface area (Å²) in [7, 11) is 0. The van der Waals surface area contributed by atoms with E-state index < -0.39 is 24.3 Å². The molecule has 0 amide bonds. The highest BCUT2D eigenvalue weighted by Crippen LogP contribution is 2.37. The van der Waals surface area contributed by atoms with Crippen molar-refractivity contribution in [3.05, 3.63) is 12.2 Å². The van der Waals surface area contributed by atoms with Gasteiger partial charge in [-0.15, -0.1) is 0 Å². The predicted molar refractivity (Wildman–Crippen MR) is 98.2 cm³/mol. The van der Waals surface area contributed by atoms with Gasteiger partial charge < -0.3 is 20.4 Å². The van der Waals surface area contributed by atoms with E-state index in [-0.39, 0.29) is 18.3 Å². The van der Waals surface area contributed by atoms with Gasteiger partial charge in [0.1, 0.15) is 0 Å². The largest absolute Gasteiger partial charge is 0.481 e. The molecule has 0 radical (unpaired) electrons. The van der Waals surface area contributed by atoms with Gasteiger partial charge in [0.25, 0.3) is 0 Å². The summed E-state index contributed by atoms with van der Waals surface area (Å²) >= 11 is 0. The summed E-state index contributed by atoms with van der Waals surface area (Å²) in [6.07, 6.45) is 11.0. The van der Waals surface area contributed by atoms with E-state index in [1.165, 1.54) is 0 Å². The van der Waals surface area contributed by atoms with E-state index in [9.17, 15) is 20.1 Å². The highest BCUT2D eigenvalue weighted by atomic mass is 16.4.